The summed E-state index contributed by atoms with van der Waals surface area (Å²) in [7, 11) is 1.70. The van der Waals surface area contributed by atoms with Gasteiger partial charge in [0.1, 0.15) is 17.5 Å². The highest BCUT2D eigenvalue weighted by atomic mass is 16.5. The third-order valence-electron chi connectivity index (χ3n) is 7.69. The number of ketones is 1. The minimum Gasteiger partial charge on any atom is -0.495 e. The van der Waals surface area contributed by atoms with Crippen LogP contribution < -0.4 is 14.5 Å². The zero-order valence-electron chi connectivity index (χ0n) is 19.4. The number of Topliss-reactive ketones (excluding diaryl/α,β-unsaturated/α-hetero) is 1. The van der Waals surface area contributed by atoms with Crippen molar-refractivity contribution in [2.45, 2.75) is 32.4 Å². The van der Waals surface area contributed by atoms with Crippen LogP contribution in [0.1, 0.15) is 30.3 Å². The first-order valence-electron chi connectivity index (χ1n) is 12.0. The van der Waals surface area contributed by atoms with E-state index in [1.54, 1.807) is 18.0 Å². The smallest absolute Gasteiger partial charge is 0.231 e. The van der Waals surface area contributed by atoms with E-state index in [-0.39, 0.29) is 11.7 Å². The number of nitrogens with one attached hydrogen (secondary N) is 1. The number of quaternary nitrogens is 1. The van der Waals surface area contributed by atoms with Gasteiger partial charge in [0.15, 0.2) is 5.78 Å². The van der Waals surface area contributed by atoms with E-state index >= 15 is 0 Å². The fourth-order valence-electron chi connectivity index (χ4n) is 5.87. The Kier molecular flexibility index (Phi) is 6.05. The number of ether oxygens (including phenoxy) is 1. The highest BCUT2D eigenvalue weighted by molar-refractivity contribution is 5.91. The van der Waals surface area contributed by atoms with Crippen molar-refractivity contribution in [3.05, 3.63) is 36.2 Å². The summed E-state index contributed by atoms with van der Waals surface area (Å²) in [6.45, 7) is 7.44. The summed E-state index contributed by atoms with van der Waals surface area (Å²) in [5.41, 5.74) is 1.52. The van der Waals surface area contributed by atoms with E-state index in [2.05, 4.69) is 26.2 Å². The van der Waals surface area contributed by atoms with Gasteiger partial charge in [-0.1, -0.05) is 17.3 Å². The number of rotatable bonds is 6. The molecule has 4 atom stereocenters. The number of para-hydroxylation sites is 2. The highest BCUT2D eigenvalue weighted by Crippen LogP contribution is 2.31. The lowest BCUT2D eigenvalue weighted by atomic mass is 9.75. The van der Waals surface area contributed by atoms with Gasteiger partial charge in [-0.2, -0.15) is 0 Å². The lowest BCUT2D eigenvalue weighted by Gasteiger charge is -2.47. The van der Waals surface area contributed by atoms with Crippen molar-refractivity contribution in [2.75, 3.05) is 51.3 Å². The first-order valence-corrected chi connectivity index (χ1v) is 12.0. The summed E-state index contributed by atoms with van der Waals surface area (Å²) in [6, 6.07) is 8.51. The van der Waals surface area contributed by atoms with Crippen molar-refractivity contribution in [1.29, 1.82) is 0 Å². The molecule has 9 nitrogen and oxygen atoms in total. The maximum atomic E-state index is 13.5. The fourth-order valence-corrected chi connectivity index (χ4v) is 5.87. The Bertz CT molecular complexity index is 1020. The number of hydrogen-bond donors (Lipinski definition) is 1. The molecule has 2 aromatic rings. The van der Waals surface area contributed by atoms with Gasteiger partial charge in [-0.25, -0.2) is 4.68 Å². The number of methoxy groups -OCH3 is 1. The number of carbonyl (C=O) groups is 2. The monoisotopic (exact) mass is 453 g/mol. The summed E-state index contributed by atoms with van der Waals surface area (Å²) in [5, 5.41) is 8.10. The fraction of sp³-hybridized carbons (Fsp3) is 0.583. The minimum atomic E-state index is -0.0597. The number of hydrogen-bond acceptors (Lipinski definition) is 6. The Morgan fingerprint density at radius 1 is 1.18 bits per heavy atom. The lowest BCUT2D eigenvalue weighted by molar-refractivity contribution is -0.945. The molecular formula is C24H33N6O3+. The summed E-state index contributed by atoms with van der Waals surface area (Å²) >= 11 is 0. The van der Waals surface area contributed by atoms with Gasteiger partial charge in [0.2, 0.25) is 5.91 Å². The minimum absolute atomic E-state index is 0.0597. The molecule has 5 heterocycles. The third-order valence-corrected chi connectivity index (χ3v) is 7.69. The molecule has 4 fully saturated rings. The second kappa shape index (κ2) is 9.13. The number of piperazine rings is 1. The van der Waals surface area contributed by atoms with E-state index in [1.165, 1.54) is 11.8 Å². The van der Waals surface area contributed by atoms with Crippen LogP contribution >= 0.6 is 0 Å². The van der Waals surface area contributed by atoms with Gasteiger partial charge in [-0.3, -0.25) is 9.59 Å². The van der Waals surface area contributed by atoms with Crippen molar-refractivity contribution in [2.24, 2.45) is 11.8 Å². The summed E-state index contributed by atoms with van der Waals surface area (Å²) < 4.78 is 7.31. The van der Waals surface area contributed by atoms with Crippen molar-refractivity contribution >= 4 is 17.4 Å². The molecular weight excluding hydrogens is 420 g/mol. The summed E-state index contributed by atoms with van der Waals surface area (Å²) in [6.07, 6.45) is 3.89. The van der Waals surface area contributed by atoms with Gasteiger partial charge >= 0.3 is 0 Å². The molecule has 1 amide bonds. The van der Waals surface area contributed by atoms with Crippen LogP contribution in [-0.4, -0.2) is 84.0 Å². The van der Waals surface area contributed by atoms with E-state index < -0.39 is 0 Å². The average Bonchev–Trinajstić information content (AvgIpc) is 3.33. The van der Waals surface area contributed by atoms with Crippen LogP contribution in [0.3, 0.4) is 0 Å². The number of amides is 1. The Morgan fingerprint density at radius 3 is 2.64 bits per heavy atom. The predicted molar refractivity (Wildman–Crippen MR) is 123 cm³/mol. The van der Waals surface area contributed by atoms with Crippen LogP contribution in [0.2, 0.25) is 0 Å². The topological polar surface area (TPSA) is 85.0 Å². The number of nitrogens with zero attached hydrogens (tertiary/aromatic N) is 5. The molecule has 1 aromatic heterocycles. The van der Waals surface area contributed by atoms with Gasteiger partial charge in [-0.05, 0) is 18.1 Å². The first kappa shape index (κ1) is 21.9. The Balaban J connectivity index is 1.18. The number of carbonyl (C=O) groups excluding carboxylic acids is 2. The van der Waals surface area contributed by atoms with Crippen LogP contribution in [0.15, 0.2) is 30.5 Å². The average molecular weight is 454 g/mol. The van der Waals surface area contributed by atoms with Crippen molar-refractivity contribution in [3.8, 4) is 5.75 Å². The Morgan fingerprint density at radius 2 is 1.97 bits per heavy atom. The van der Waals surface area contributed by atoms with Crippen LogP contribution in [0.5, 0.6) is 5.75 Å². The predicted octanol–water partition coefficient (Wildman–Crippen LogP) is 0.131. The second-order valence-corrected chi connectivity index (χ2v) is 9.57. The highest BCUT2D eigenvalue weighted by Gasteiger charge is 2.48. The van der Waals surface area contributed by atoms with E-state index in [0.29, 0.717) is 23.6 Å². The molecule has 0 aliphatic carbocycles. The number of aromatic nitrogens is 3. The number of anilines is 1. The molecule has 4 aliphatic heterocycles. The van der Waals surface area contributed by atoms with Gasteiger partial charge in [0.25, 0.3) is 0 Å². The van der Waals surface area contributed by atoms with Crippen LogP contribution in [0.25, 0.3) is 0 Å². The lowest BCUT2D eigenvalue weighted by Crippen LogP contribution is -3.20. The molecule has 6 rings (SSSR count). The van der Waals surface area contributed by atoms with Crippen LogP contribution in [0.4, 0.5) is 5.69 Å². The largest absolute Gasteiger partial charge is 0.495 e. The standard InChI is InChI=1S/C24H32N6O3/c1-17(31)21-16-30(26-25-21)14-19-13-18-7-8-29(19)15-20(18)24(32)28-11-9-27(10-12-28)22-5-3-4-6-23(22)33-2/h3-6,16,18-20H,7-15H2,1-2H3/p+1/t18-,19+,20-/m0/s1. The van der Waals surface area contributed by atoms with Gasteiger partial charge < -0.3 is 19.4 Å². The molecule has 4 saturated heterocycles. The third kappa shape index (κ3) is 4.34. The Hall–Kier alpha value is -2.94. The van der Waals surface area contributed by atoms with Crippen molar-refractivity contribution in [1.82, 2.24) is 19.9 Å². The van der Waals surface area contributed by atoms with E-state index in [1.807, 2.05) is 18.2 Å². The summed E-state index contributed by atoms with van der Waals surface area (Å²) in [5.74, 6) is 1.70. The quantitative estimate of drug-likeness (QED) is 0.626. The van der Waals surface area contributed by atoms with Crippen LogP contribution in [0, 0.1) is 11.8 Å². The molecule has 1 N–H and O–H groups in total. The Labute approximate surface area is 194 Å². The zero-order valence-corrected chi connectivity index (χ0v) is 19.4. The zero-order chi connectivity index (χ0) is 22.9. The molecule has 2 bridgehead atoms. The SMILES string of the molecule is COc1ccccc1N1CCN(C(=O)[C@H]2C[NH+]3CC[C@H]2C[C@@H]3Cn2cc(C(C)=O)nn2)CC1. The van der Waals surface area contributed by atoms with Gasteiger partial charge in [0.05, 0.1) is 44.5 Å². The van der Waals surface area contributed by atoms with Crippen molar-refractivity contribution in [3.63, 3.8) is 0 Å². The molecule has 176 valence electrons. The van der Waals surface area contributed by atoms with E-state index in [4.69, 9.17) is 4.74 Å². The molecule has 9 heteroatoms. The van der Waals surface area contributed by atoms with E-state index in [0.717, 1.165) is 70.1 Å². The number of benzene rings is 1. The van der Waals surface area contributed by atoms with Crippen molar-refractivity contribution < 1.29 is 19.2 Å². The number of piperidine rings is 3. The molecule has 33 heavy (non-hydrogen) atoms. The molecule has 0 saturated carbocycles. The molecule has 1 unspecified atom stereocenters. The van der Waals surface area contributed by atoms with Gasteiger partial charge in [0, 0.05) is 45.9 Å². The van der Waals surface area contributed by atoms with Crippen LogP contribution in [-0.2, 0) is 11.3 Å². The molecule has 4 aliphatic rings. The molecule has 1 aromatic carbocycles. The van der Waals surface area contributed by atoms with E-state index in [9.17, 15) is 9.59 Å². The molecule has 0 spiro atoms. The normalized spacial score (nSPS) is 27.0. The first-order chi connectivity index (χ1) is 16.0. The maximum absolute atomic E-state index is 13.5. The molecule has 0 radical (unpaired) electrons. The summed E-state index contributed by atoms with van der Waals surface area (Å²) in [4.78, 5) is 30.8. The maximum Gasteiger partial charge on any atom is 0.231 e. The van der Waals surface area contributed by atoms with Gasteiger partial charge in [-0.15, -0.1) is 5.10 Å². The second-order valence-electron chi connectivity index (χ2n) is 9.57. The number of fused-ring (bicyclic) bond motifs is 3.